The molecule has 0 radical (unpaired) electrons. The van der Waals surface area contributed by atoms with Crippen molar-refractivity contribution in [2.24, 2.45) is 0 Å². The van der Waals surface area contributed by atoms with Crippen molar-refractivity contribution in [1.82, 2.24) is 10.6 Å². The van der Waals surface area contributed by atoms with Crippen molar-refractivity contribution in [1.29, 1.82) is 0 Å². The molecule has 13 heteroatoms. The van der Waals surface area contributed by atoms with Crippen molar-refractivity contribution in [3.8, 4) is 28.4 Å². The summed E-state index contributed by atoms with van der Waals surface area (Å²) in [5.41, 5.74) is 2.76. The summed E-state index contributed by atoms with van der Waals surface area (Å²) >= 11 is 3.13. The molecule has 3 N–H and O–H groups in total. The van der Waals surface area contributed by atoms with Gasteiger partial charge in [-0.1, -0.05) is 6.07 Å². The van der Waals surface area contributed by atoms with Gasteiger partial charge in [0.05, 0.1) is 40.2 Å². The van der Waals surface area contributed by atoms with Gasteiger partial charge in [0.25, 0.3) is 0 Å². The number of hydrogen-bond donors (Lipinski definition) is 3. The van der Waals surface area contributed by atoms with E-state index in [0.29, 0.717) is 65.6 Å². The van der Waals surface area contributed by atoms with Gasteiger partial charge in [0.2, 0.25) is 23.0 Å². The number of amides is 2. The van der Waals surface area contributed by atoms with Gasteiger partial charge in [0, 0.05) is 12.5 Å². The first-order valence-electron chi connectivity index (χ1n) is 14.5. The first-order chi connectivity index (χ1) is 21.6. The lowest BCUT2D eigenvalue weighted by atomic mass is 9.95. The van der Waals surface area contributed by atoms with Crippen LogP contribution in [0, 0.1) is 0 Å². The van der Waals surface area contributed by atoms with Gasteiger partial charge in [0.15, 0.2) is 11.5 Å². The summed E-state index contributed by atoms with van der Waals surface area (Å²) in [4.78, 5) is 52.0. The van der Waals surface area contributed by atoms with E-state index in [1.165, 1.54) is 34.3 Å². The predicted molar refractivity (Wildman–Crippen MR) is 180 cm³/mol. The Labute approximate surface area is 272 Å². The molecule has 3 rings (SSSR count). The normalized spacial score (nSPS) is 14.9. The van der Waals surface area contributed by atoms with E-state index in [2.05, 4.69) is 16.0 Å². The molecule has 0 bridgehead atoms. The average molecular weight is 662 g/mol. The number of carbonyl (C=O) groups is 3. The molecular weight excluding hydrogens is 618 g/mol. The van der Waals surface area contributed by atoms with Crippen LogP contribution in [0.15, 0.2) is 29.1 Å². The molecule has 45 heavy (non-hydrogen) atoms. The molecule has 2 amide bonds. The summed E-state index contributed by atoms with van der Waals surface area (Å²) in [6, 6.07) is 4.76. The van der Waals surface area contributed by atoms with Crippen LogP contribution in [0.2, 0.25) is 0 Å². The Morgan fingerprint density at radius 1 is 0.933 bits per heavy atom. The number of ether oxygens (including phenoxy) is 4. The van der Waals surface area contributed by atoms with E-state index in [-0.39, 0.29) is 17.0 Å². The number of nitrogens with one attached hydrogen (secondary N) is 3. The summed E-state index contributed by atoms with van der Waals surface area (Å²) in [6.45, 7) is 1.44. The summed E-state index contributed by atoms with van der Waals surface area (Å²) in [5.74, 6) is 1.49. The van der Waals surface area contributed by atoms with Crippen LogP contribution in [-0.4, -0.2) is 82.3 Å². The van der Waals surface area contributed by atoms with Crippen LogP contribution in [0.5, 0.6) is 17.2 Å². The lowest BCUT2D eigenvalue weighted by Crippen LogP contribution is -2.49. The lowest BCUT2D eigenvalue weighted by Gasteiger charge is -2.22. The molecule has 0 spiro atoms. The molecule has 0 saturated heterocycles. The van der Waals surface area contributed by atoms with Crippen LogP contribution in [0.3, 0.4) is 0 Å². The zero-order chi connectivity index (χ0) is 33.1. The van der Waals surface area contributed by atoms with Crippen molar-refractivity contribution in [3.05, 3.63) is 45.6 Å². The SMILES string of the molecule is COC(=O)[C@@H](CCSC)NC(=O)[C@@H](CCSC)Nc1ccc2c(cc1=O)[C@H](NC(C)=O)CCc1cc(OC)c(OC)c(OC)c1-2. The van der Waals surface area contributed by atoms with Gasteiger partial charge in [-0.15, -0.1) is 0 Å². The third-order valence-electron chi connectivity index (χ3n) is 7.59. The Hall–Kier alpha value is -3.58. The topological polar surface area (TPSA) is 141 Å². The van der Waals surface area contributed by atoms with Gasteiger partial charge in [-0.3, -0.25) is 14.4 Å². The number of anilines is 1. The minimum atomic E-state index is -0.808. The average Bonchev–Trinajstić information content (AvgIpc) is 3.27. The molecule has 0 unspecified atom stereocenters. The molecule has 11 nitrogen and oxygen atoms in total. The van der Waals surface area contributed by atoms with E-state index in [1.807, 2.05) is 18.6 Å². The van der Waals surface area contributed by atoms with Gasteiger partial charge in [0.1, 0.15) is 12.1 Å². The third kappa shape index (κ3) is 8.78. The van der Waals surface area contributed by atoms with E-state index in [9.17, 15) is 19.2 Å². The van der Waals surface area contributed by atoms with Gasteiger partial charge in [-0.2, -0.15) is 23.5 Å². The summed E-state index contributed by atoms with van der Waals surface area (Å²) in [7, 11) is 5.90. The molecule has 3 atom stereocenters. The van der Waals surface area contributed by atoms with Gasteiger partial charge < -0.3 is 34.9 Å². The molecule has 2 aromatic carbocycles. The first kappa shape index (κ1) is 35.9. The van der Waals surface area contributed by atoms with Gasteiger partial charge in [-0.25, -0.2) is 4.79 Å². The maximum atomic E-state index is 13.8. The van der Waals surface area contributed by atoms with Gasteiger partial charge in [-0.05, 0) is 84.6 Å². The summed E-state index contributed by atoms with van der Waals surface area (Å²) in [6.07, 6.45) is 5.76. The Bertz CT molecular complexity index is 1440. The molecule has 1 aliphatic rings. The Morgan fingerprint density at radius 3 is 2.18 bits per heavy atom. The van der Waals surface area contributed by atoms with E-state index < -0.39 is 30.0 Å². The largest absolute Gasteiger partial charge is 0.493 e. The standard InChI is InChI=1S/C32H43N3O8S2/c1-18(36)33-22-10-8-19-16-27(40-2)29(41-3)30(42-4)28(19)20-9-11-23(26(37)17-21(20)22)34-24(12-14-44-6)31(38)35-25(13-15-45-7)32(39)43-5/h9,11,16-17,22,24-25H,8,10,12-15H2,1-7H3,(H,33,36)(H,34,37)(H,35,38)/t22-,24-,25-/m1/s1. The summed E-state index contributed by atoms with van der Waals surface area (Å²) in [5, 5.41) is 8.96. The Kier molecular flexibility index (Phi) is 13.7. The van der Waals surface area contributed by atoms with E-state index >= 15 is 0 Å². The first-order valence-corrected chi connectivity index (χ1v) is 17.3. The highest BCUT2D eigenvalue weighted by molar-refractivity contribution is 7.98. The number of methoxy groups -OCH3 is 4. The van der Waals surface area contributed by atoms with E-state index in [4.69, 9.17) is 18.9 Å². The fourth-order valence-electron chi connectivity index (χ4n) is 5.42. The van der Waals surface area contributed by atoms with Crippen molar-refractivity contribution >= 4 is 47.0 Å². The molecule has 2 aromatic rings. The third-order valence-corrected chi connectivity index (χ3v) is 8.87. The molecule has 0 aromatic heterocycles. The fourth-order valence-corrected chi connectivity index (χ4v) is 6.36. The number of hydrogen-bond acceptors (Lipinski definition) is 11. The van der Waals surface area contributed by atoms with Gasteiger partial charge >= 0.3 is 5.97 Å². The number of carbonyl (C=O) groups excluding carboxylic acids is 3. The summed E-state index contributed by atoms with van der Waals surface area (Å²) < 4.78 is 22.0. The second-order valence-electron chi connectivity index (χ2n) is 10.4. The minimum Gasteiger partial charge on any atom is -0.493 e. The highest BCUT2D eigenvalue weighted by Gasteiger charge is 2.30. The second kappa shape index (κ2) is 17.2. The lowest BCUT2D eigenvalue weighted by molar-refractivity contribution is -0.145. The number of rotatable bonds is 15. The van der Waals surface area contributed by atoms with Crippen LogP contribution in [0.1, 0.15) is 43.4 Å². The Morgan fingerprint density at radius 2 is 1.60 bits per heavy atom. The van der Waals surface area contributed by atoms with Crippen LogP contribution in [0.25, 0.3) is 11.1 Å². The number of esters is 1. The van der Waals surface area contributed by atoms with Crippen molar-refractivity contribution in [3.63, 3.8) is 0 Å². The highest BCUT2D eigenvalue weighted by atomic mass is 32.2. The number of fused-ring (bicyclic) bond motifs is 3. The van der Waals surface area contributed by atoms with E-state index in [0.717, 1.165) is 11.1 Å². The van der Waals surface area contributed by atoms with Crippen LogP contribution in [0.4, 0.5) is 5.69 Å². The quantitative estimate of drug-likeness (QED) is 0.240. The van der Waals surface area contributed by atoms with E-state index in [1.54, 1.807) is 42.8 Å². The number of thioether (sulfide) groups is 2. The zero-order valence-corrected chi connectivity index (χ0v) is 28.5. The second-order valence-corrected chi connectivity index (χ2v) is 12.4. The fraction of sp³-hybridized carbons (Fsp3) is 0.500. The smallest absolute Gasteiger partial charge is 0.328 e. The van der Waals surface area contributed by atoms with Crippen molar-refractivity contribution in [2.75, 3.05) is 57.8 Å². The minimum absolute atomic E-state index is 0.200. The maximum absolute atomic E-state index is 13.8. The number of aryl methyl sites for hydroxylation is 1. The van der Waals surface area contributed by atoms with Crippen molar-refractivity contribution in [2.45, 2.75) is 50.7 Å². The van der Waals surface area contributed by atoms with Crippen LogP contribution >= 0.6 is 23.5 Å². The molecule has 0 fully saturated rings. The Balaban J connectivity index is 2.15. The zero-order valence-electron chi connectivity index (χ0n) is 26.9. The predicted octanol–water partition coefficient (Wildman–Crippen LogP) is 3.81. The molecule has 1 aliphatic carbocycles. The number of benzene rings is 1. The molecule has 0 heterocycles. The monoisotopic (exact) mass is 661 g/mol. The molecule has 0 aliphatic heterocycles. The van der Waals surface area contributed by atoms with Crippen LogP contribution < -0.4 is 35.6 Å². The molecular formula is C32H43N3O8S2. The molecule has 0 saturated carbocycles. The highest BCUT2D eigenvalue weighted by Crippen LogP contribution is 2.50. The molecule has 246 valence electrons. The van der Waals surface area contributed by atoms with Crippen molar-refractivity contribution < 1.29 is 33.3 Å². The van der Waals surface area contributed by atoms with Crippen LogP contribution in [-0.2, 0) is 25.5 Å². The maximum Gasteiger partial charge on any atom is 0.328 e.